The SMILES string of the molecule is [2H]C1([2H])N(C(=O)Nc2cc3nc(Cl)ccc3c3c2C(c2cc(F)ccc2Cl)NC3=C=O)c2ccccc2C1(O)C(F)(F)F. The third-order valence-electron chi connectivity index (χ3n) is 6.86. The molecule has 0 aliphatic carbocycles. The first kappa shape index (κ1) is 24.6. The Bertz CT molecular complexity index is 1920. The number of carbonyl (C=O) groups is 1. The highest BCUT2D eigenvalue weighted by atomic mass is 35.5. The smallest absolute Gasteiger partial charge is 0.375 e. The largest absolute Gasteiger partial charge is 0.423 e. The summed E-state index contributed by atoms with van der Waals surface area (Å²) in [5, 5.41) is 16.6. The van der Waals surface area contributed by atoms with Gasteiger partial charge in [-0.3, -0.25) is 4.90 Å². The molecular formula is C28H16Cl2F4N4O3. The van der Waals surface area contributed by atoms with Crippen LogP contribution in [0.25, 0.3) is 16.6 Å². The van der Waals surface area contributed by atoms with E-state index >= 15 is 0 Å². The Morgan fingerprint density at radius 2 is 1.95 bits per heavy atom. The Morgan fingerprint density at radius 3 is 2.68 bits per heavy atom. The van der Waals surface area contributed by atoms with Crippen LogP contribution in [-0.4, -0.2) is 34.7 Å². The lowest BCUT2D eigenvalue weighted by Crippen LogP contribution is -2.48. The minimum atomic E-state index is -5.51. The number of hydrogen-bond donors (Lipinski definition) is 3. The fraction of sp³-hybridized carbons (Fsp3) is 0.143. The van der Waals surface area contributed by atoms with Crippen molar-refractivity contribution in [2.24, 2.45) is 0 Å². The fourth-order valence-corrected chi connectivity index (χ4v) is 5.46. The number of benzene rings is 3. The number of para-hydroxylation sites is 1. The van der Waals surface area contributed by atoms with Crippen LogP contribution in [0.2, 0.25) is 10.2 Å². The Labute approximate surface area is 241 Å². The predicted molar refractivity (Wildman–Crippen MR) is 145 cm³/mol. The predicted octanol–water partition coefficient (Wildman–Crippen LogP) is 6.35. The van der Waals surface area contributed by atoms with Crippen molar-refractivity contribution in [3.05, 3.63) is 98.9 Å². The number of nitrogens with one attached hydrogen (secondary N) is 2. The summed E-state index contributed by atoms with van der Waals surface area (Å²) in [4.78, 5) is 30.3. The lowest BCUT2D eigenvalue weighted by atomic mass is 9.93. The molecule has 0 fully saturated rings. The summed E-state index contributed by atoms with van der Waals surface area (Å²) in [6.07, 6.45) is -5.51. The molecule has 7 nitrogen and oxygen atoms in total. The van der Waals surface area contributed by atoms with Gasteiger partial charge in [-0.2, -0.15) is 13.2 Å². The van der Waals surface area contributed by atoms with E-state index in [0.717, 1.165) is 24.3 Å². The number of urea groups is 1. The highest BCUT2D eigenvalue weighted by molar-refractivity contribution is 6.31. The molecule has 2 unspecified atom stereocenters. The van der Waals surface area contributed by atoms with Gasteiger partial charge in [0.15, 0.2) is 5.94 Å². The van der Waals surface area contributed by atoms with Crippen molar-refractivity contribution in [3.8, 4) is 0 Å². The molecule has 0 saturated carbocycles. The summed E-state index contributed by atoms with van der Waals surface area (Å²) >= 11 is 12.5. The van der Waals surface area contributed by atoms with Gasteiger partial charge in [-0.25, -0.2) is 19.0 Å². The first-order valence-corrected chi connectivity index (χ1v) is 12.6. The molecule has 0 saturated heterocycles. The number of aliphatic hydroxyl groups is 1. The highest BCUT2D eigenvalue weighted by Crippen LogP contribution is 2.49. The summed E-state index contributed by atoms with van der Waals surface area (Å²) in [7, 11) is 0. The number of amides is 2. The number of hydrogen-bond acceptors (Lipinski definition) is 5. The van der Waals surface area contributed by atoms with Crippen molar-refractivity contribution in [2.75, 3.05) is 16.7 Å². The average Bonchev–Trinajstić information content (AvgIpc) is 3.41. The number of aromatic nitrogens is 1. The second-order valence-corrected chi connectivity index (χ2v) is 10.0. The van der Waals surface area contributed by atoms with Crippen molar-refractivity contribution < 1.29 is 35.0 Å². The number of alkyl halides is 3. The Hall–Kier alpha value is -4.15. The molecule has 1 aromatic heterocycles. The van der Waals surface area contributed by atoms with Gasteiger partial charge in [-0.05, 0) is 42.5 Å². The highest BCUT2D eigenvalue weighted by Gasteiger charge is 2.61. The fourth-order valence-electron chi connectivity index (χ4n) is 5.08. The lowest BCUT2D eigenvalue weighted by molar-refractivity contribution is -0.258. The summed E-state index contributed by atoms with van der Waals surface area (Å²) in [5.41, 5.74) is -5.08. The van der Waals surface area contributed by atoms with Gasteiger partial charge in [0.2, 0.25) is 5.60 Å². The Balaban J connectivity index is 1.56. The van der Waals surface area contributed by atoms with Crippen LogP contribution >= 0.6 is 23.2 Å². The number of β-amino-alcohol motifs (C(OH)–C–C–N with tert-alkyl or cyclic N) is 1. The van der Waals surface area contributed by atoms with E-state index in [2.05, 4.69) is 15.6 Å². The summed E-state index contributed by atoms with van der Waals surface area (Å²) < 4.78 is 73.6. The molecule has 208 valence electrons. The third-order valence-corrected chi connectivity index (χ3v) is 7.42. The van der Waals surface area contributed by atoms with E-state index in [1.165, 1.54) is 30.3 Å². The molecule has 2 aliphatic rings. The van der Waals surface area contributed by atoms with Gasteiger partial charge in [-0.1, -0.05) is 41.4 Å². The summed E-state index contributed by atoms with van der Waals surface area (Å²) in [5.74, 6) is 1.10. The molecule has 0 spiro atoms. The van der Waals surface area contributed by atoms with E-state index in [0.29, 0.717) is 5.39 Å². The average molecular weight is 605 g/mol. The van der Waals surface area contributed by atoms with Crippen molar-refractivity contribution >= 4 is 63.1 Å². The van der Waals surface area contributed by atoms with E-state index in [1.54, 1.807) is 12.0 Å². The molecule has 6 rings (SSSR count). The van der Waals surface area contributed by atoms with Crippen molar-refractivity contribution in [1.29, 1.82) is 0 Å². The zero-order valence-corrected chi connectivity index (χ0v) is 21.8. The van der Waals surface area contributed by atoms with Crippen molar-refractivity contribution in [1.82, 2.24) is 10.3 Å². The van der Waals surface area contributed by atoms with Crippen LogP contribution in [-0.2, 0) is 10.4 Å². The third kappa shape index (κ3) is 4.20. The molecule has 0 radical (unpaired) electrons. The zero-order chi connectivity index (χ0) is 31.1. The number of rotatable bonds is 2. The molecule has 2 aliphatic heterocycles. The van der Waals surface area contributed by atoms with Crippen LogP contribution < -0.4 is 15.5 Å². The number of pyridine rings is 1. The summed E-state index contributed by atoms with van der Waals surface area (Å²) in [6, 6.07) is 9.74. The quantitative estimate of drug-likeness (QED) is 0.141. The van der Waals surface area contributed by atoms with Gasteiger partial charge in [0.1, 0.15) is 16.7 Å². The molecule has 4 aromatic rings. The first-order chi connectivity index (χ1) is 20.2. The van der Waals surface area contributed by atoms with Crippen LogP contribution in [0.4, 0.5) is 33.7 Å². The van der Waals surface area contributed by atoms with E-state index in [-0.39, 0.29) is 48.7 Å². The zero-order valence-electron chi connectivity index (χ0n) is 22.3. The van der Waals surface area contributed by atoms with Crippen LogP contribution in [0.1, 0.15) is 31.0 Å². The maximum Gasteiger partial charge on any atom is 0.423 e. The topological polar surface area (TPSA) is 94.6 Å². The molecule has 3 heterocycles. The second-order valence-electron chi connectivity index (χ2n) is 9.24. The van der Waals surface area contributed by atoms with Crippen LogP contribution in [0, 0.1) is 5.82 Å². The standard InChI is InChI=1S/C28H16Cl2F4N4O3/c29-17-7-5-13(31)9-15(17)25-24-19(10-18-14(6-8-22(30)35-18)23(24)20(11-39)36-25)37-26(40)38-12-27(41,28(32,33)34)16-3-1-2-4-21(16)38/h1-10,25,36,41H,12H2,(H,37,40)/i12D2. The Kier molecular flexibility index (Phi) is 5.68. The van der Waals surface area contributed by atoms with Crippen LogP contribution in [0.3, 0.4) is 0 Å². The van der Waals surface area contributed by atoms with Gasteiger partial charge < -0.3 is 15.7 Å². The molecule has 2 amide bonds. The van der Waals surface area contributed by atoms with Crippen LogP contribution in [0.15, 0.2) is 60.7 Å². The second kappa shape index (κ2) is 9.46. The van der Waals surface area contributed by atoms with Gasteiger partial charge in [0.05, 0.1) is 32.2 Å². The minimum absolute atomic E-state index is 0.0390. The summed E-state index contributed by atoms with van der Waals surface area (Å²) in [6.45, 7) is -3.71. The van der Waals surface area contributed by atoms with E-state index in [9.17, 15) is 32.3 Å². The first-order valence-electron chi connectivity index (χ1n) is 12.8. The van der Waals surface area contributed by atoms with Gasteiger partial charge in [0, 0.05) is 32.7 Å². The number of nitrogens with zero attached hydrogens (tertiary/aromatic N) is 2. The molecule has 13 heteroatoms. The lowest BCUT2D eigenvalue weighted by Gasteiger charge is -2.27. The van der Waals surface area contributed by atoms with Crippen molar-refractivity contribution in [3.63, 3.8) is 0 Å². The van der Waals surface area contributed by atoms with Crippen LogP contribution in [0.5, 0.6) is 0 Å². The van der Waals surface area contributed by atoms with Gasteiger partial charge in [0.25, 0.3) is 0 Å². The van der Waals surface area contributed by atoms with Gasteiger partial charge >= 0.3 is 12.2 Å². The van der Waals surface area contributed by atoms with E-state index in [4.69, 9.17) is 25.9 Å². The number of carbonyl (C=O) groups excluding carboxylic acids is 2. The normalized spacial score (nSPS) is 21.5. The molecule has 2 atom stereocenters. The maximum absolute atomic E-state index is 14.3. The molecule has 3 N–H and O–H groups in total. The monoisotopic (exact) mass is 604 g/mol. The number of halogens is 6. The number of fused-ring (bicyclic) bond motifs is 4. The molecule has 41 heavy (non-hydrogen) atoms. The molecule has 3 aromatic carbocycles. The molecular weight excluding hydrogens is 587 g/mol. The molecule has 0 bridgehead atoms. The van der Waals surface area contributed by atoms with Gasteiger partial charge in [-0.15, -0.1) is 0 Å². The van der Waals surface area contributed by atoms with E-state index < -0.39 is 47.4 Å². The number of anilines is 2. The Morgan fingerprint density at radius 1 is 1.20 bits per heavy atom. The van der Waals surface area contributed by atoms with E-state index in [1.807, 2.05) is 0 Å². The maximum atomic E-state index is 14.3. The van der Waals surface area contributed by atoms with Crippen molar-refractivity contribution in [2.45, 2.75) is 17.8 Å². The minimum Gasteiger partial charge on any atom is -0.375 e.